The second kappa shape index (κ2) is 5.18. The van der Waals surface area contributed by atoms with Crippen molar-refractivity contribution in [3.8, 4) is 11.3 Å². The molecule has 5 nitrogen and oxygen atoms in total. The Morgan fingerprint density at radius 2 is 1.95 bits per heavy atom. The van der Waals surface area contributed by atoms with Crippen LogP contribution in [0.15, 0.2) is 36.4 Å². The van der Waals surface area contributed by atoms with Crippen molar-refractivity contribution in [1.29, 1.82) is 0 Å². The summed E-state index contributed by atoms with van der Waals surface area (Å²) in [7, 11) is 0. The Bertz CT molecular complexity index is 825. The van der Waals surface area contributed by atoms with Crippen LogP contribution in [0.3, 0.4) is 0 Å². The number of carbonyl (C=O) groups is 1. The standard InChI is InChI=1S/C15H12ClN3O2/c1-9-2-7-13-17-15(10-3-5-11(16)6-4-10)12(8-14(20)21)19(13)18-9/h2-7H,8H2,1H3,(H,20,21). The zero-order valence-corrected chi connectivity index (χ0v) is 12.0. The van der Waals surface area contributed by atoms with Gasteiger partial charge in [-0.25, -0.2) is 9.50 Å². The molecule has 0 saturated heterocycles. The molecule has 2 aromatic heterocycles. The van der Waals surface area contributed by atoms with Gasteiger partial charge in [0, 0.05) is 10.6 Å². The number of fused-ring (bicyclic) bond motifs is 1. The van der Waals surface area contributed by atoms with Crippen molar-refractivity contribution in [3.63, 3.8) is 0 Å². The monoisotopic (exact) mass is 301 g/mol. The third-order valence-corrected chi connectivity index (χ3v) is 3.39. The zero-order valence-electron chi connectivity index (χ0n) is 11.2. The predicted molar refractivity (Wildman–Crippen MR) is 79.5 cm³/mol. The maximum Gasteiger partial charge on any atom is 0.309 e. The van der Waals surface area contributed by atoms with Crippen LogP contribution in [-0.2, 0) is 11.2 Å². The number of halogens is 1. The summed E-state index contributed by atoms with van der Waals surface area (Å²) in [6.45, 7) is 1.85. The van der Waals surface area contributed by atoms with Crippen LogP contribution in [0.5, 0.6) is 0 Å². The highest BCUT2D eigenvalue weighted by Crippen LogP contribution is 2.26. The summed E-state index contributed by atoms with van der Waals surface area (Å²) in [6.07, 6.45) is -0.143. The quantitative estimate of drug-likeness (QED) is 0.807. The van der Waals surface area contributed by atoms with Crippen LogP contribution in [0, 0.1) is 6.92 Å². The van der Waals surface area contributed by atoms with E-state index in [1.165, 1.54) is 0 Å². The Hall–Kier alpha value is -2.40. The number of carboxylic acid groups (broad SMARTS) is 1. The molecule has 0 aliphatic heterocycles. The lowest BCUT2D eigenvalue weighted by Gasteiger charge is -2.02. The molecule has 0 unspecified atom stereocenters. The third-order valence-electron chi connectivity index (χ3n) is 3.14. The lowest BCUT2D eigenvalue weighted by atomic mass is 10.1. The fourth-order valence-electron chi connectivity index (χ4n) is 2.21. The first-order valence-electron chi connectivity index (χ1n) is 6.37. The summed E-state index contributed by atoms with van der Waals surface area (Å²) >= 11 is 5.89. The first kappa shape index (κ1) is 13.6. The lowest BCUT2D eigenvalue weighted by molar-refractivity contribution is -0.136. The minimum absolute atomic E-state index is 0.143. The minimum Gasteiger partial charge on any atom is -0.481 e. The lowest BCUT2D eigenvalue weighted by Crippen LogP contribution is -2.07. The molecule has 0 bridgehead atoms. The molecule has 0 amide bonds. The molecule has 0 radical (unpaired) electrons. The number of hydrogen-bond donors (Lipinski definition) is 1. The highest BCUT2D eigenvalue weighted by atomic mass is 35.5. The van der Waals surface area contributed by atoms with Gasteiger partial charge in [0.1, 0.15) is 0 Å². The van der Waals surface area contributed by atoms with E-state index in [0.29, 0.717) is 22.1 Å². The number of imidazole rings is 1. The summed E-state index contributed by atoms with van der Waals surface area (Å²) < 4.78 is 1.59. The van der Waals surface area contributed by atoms with Crippen LogP contribution >= 0.6 is 11.6 Å². The number of aromatic nitrogens is 3. The fourth-order valence-corrected chi connectivity index (χ4v) is 2.34. The van der Waals surface area contributed by atoms with Crippen LogP contribution in [-0.4, -0.2) is 25.7 Å². The van der Waals surface area contributed by atoms with Gasteiger partial charge in [0.05, 0.1) is 23.5 Å². The van der Waals surface area contributed by atoms with Gasteiger partial charge in [0.2, 0.25) is 0 Å². The van der Waals surface area contributed by atoms with E-state index >= 15 is 0 Å². The molecular formula is C15H12ClN3O2. The van der Waals surface area contributed by atoms with Gasteiger partial charge >= 0.3 is 5.97 Å². The molecule has 21 heavy (non-hydrogen) atoms. The van der Waals surface area contributed by atoms with Gasteiger partial charge in [-0.05, 0) is 31.2 Å². The Labute approximate surface area is 125 Å². The van der Waals surface area contributed by atoms with E-state index in [0.717, 1.165) is 11.3 Å². The summed E-state index contributed by atoms with van der Waals surface area (Å²) in [5.74, 6) is -0.921. The van der Waals surface area contributed by atoms with E-state index < -0.39 is 5.97 Å². The maximum absolute atomic E-state index is 11.1. The Morgan fingerprint density at radius 3 is 2.62 bits per heavy atom. The fraction of sp³-hybridized carbons (Fsp3) is 0.133. The van der Waals surface area contributed by atoms with E-state index in [9.17, 15) is 4.79 Å². The second-order valence-corrected chi connectivity index (χ2v) is 5.17. The minimum atomic E-state index is -0.921. The van der Waals surface area contributed by atoms with Gasteiger partial charge in [-0.1, -0.05) is 23.7 Å². The average molecular weight is 302 g/mol. The number of rotatable bonds is 3. The zero-order chi connectivity index (χ0) is 15.0. The first-order valence-corrected chi connectivity index (χ1v) is 6.75. The van der Waals surface area contributed by atoms with E-state index in [1.807, 2.05) is 31.2 Å². The van der Waals surface area contributed by atoms with Crippen molar-refractivity contribution in [2.75, 3.05) is 0 Å². The highest BCUT2D eigenvalue weighted by molar-refractivity contribution is 6.30. The molecule has 3 aromatic rings. The summed E-state index contributed by atoms with van der Waals surface area (Å²) in [5.41, 5.74) is 3.42. The number of aryl methyl sites for hydroxylation is 1. The van der Waals surface area contributed by atoms with Crippen molar-refractivity contribution < 1.29 is 9.90 Å². The van der Waals surface area contributed by atoms with Gasteiger partial charge in [0.25, 0.3) is 0 Å². The van der Waals surface area contributed by atoms with Gasteiger partial charge in [0.15, 0.2) is 5.65 Å². The van der Waals surface area contributed by atoms with Crippen LogP contribution in [0.2, 0.25) is 5.02 Å². The van der Waals surface area contributed by atoms with Gasteiger partial charge in [-0.15, -0.1) is 0 Å². The molecule has 0 spiro atoms. The molecule has 2 heterocycles. The van der Waals surface area contributed by atoms with Crippen molar-refractivity contribution in [3.05, 3.63) is 52.8 Å². The van der Waals surface area contributed by atoms with Crippen molar-refractivity contribution in [1.82, 2.24) is 14.6 Å². The van der Waals surface area contributed by atoms with Crippen molar-refractivity contribution in [2.24, 2.45) is 0 Å². The molecule has 0 fully saturated rings. The molecule has 3 rings (SSSR count). The van der Waals surface area contributed by atoms with Gasteiger partial charge in [-0.2, -0.15) is 5.10 Å². The van der Waals surface area contributed by atoms with Gasteiger partial charge in [-0.3, -0.25) is 4.79 Å². The van der Waals surface area contributed by atoms with E-state index in [2.05, 4.69) is 10.1 Å². The topological polar surface area (TPSA) is 67.5 Å². The largest absolute Gasteiger partial charge is 0.481 e. The molecule has 1 aromatic carbocycles. The Kier molecular flexibility index (Phi) is 3.35. The number of carboxylic acids is 1. The smallest absolute Gasteiger partial charge is 0.309 e. The predicted octanol–water partition coefficient (Wildman–Crippen LogP) is 2.99. The molecular weight excluding hydrogens is 290 g/mol. The van der Waals surface area contributed by atoms with Crippen LogP contribution in [0.25, 0.3) is 16.9 Å². The summed E-state index contributed by atoms with van der Waals surface area (Å²) in [6, 6.07) is 10.8. The van der Waals surface area contributed by atoms with Crippen molar-refractivity contribution in [2.45, 2.75) is 13.3 Å². The third kappa shape index (κ3) is 2.60. The van der Waals surface area contributed by atoms with E-state index in [-0.39, 0.29) is 6.42 Å². The van der Waals surface area contributed by atoms with E-state index in [4.69, 9.17) is 16.7 Å². The molecule has 0 saturated carbocycles. The van der Waals surface area contributed by atoms with E-state index in [1.54, 1.807) is 16.6 Å². The van der Waals surface area contributed by atoms with Crippen LogP contribution in [0.1, 0.15) is 11.4 Å². The first-order chi connectivity index (χ1) is 10.0. The summed E-state index contributed by atoms with van der Waals surface area (Å²) in [4.78, 5) is 15.6. The van der Waals surface area contributed by atoms with Gasteiger partial charge < -0.3 is 5.11 Å². The molecule has 0 atom stereocenters. The summed E-state index contributed by atoms with van der Waals surface area (Å²) in [5, 5.41) is 14.1. The number of hydrogen-bond acceptors (Lipinski definition) is 3. The molecule has 106 valence electrons. The molecule has 1 N–H and O–H groups in total. The van der Waals surface area contributed by atoms with Crippen molar-refractivity contribution >= 4 is 23.2 Å². The molecule has 6 heteroatoms. The number of aliphatic carboxylic acids is 1. The number of nitrogens with zero attached hydrogens (tertiary/aromatic N) is 3. The molecule has 0 aliphatic carbocycles. The van der Waals surface area contributed by atoms with Crippen LogP contribution in [0.4, 0.5) is 0 Å². The molecule has 0 aliphatic rings. The average Bonchev–Trinajstić information content (AvgIpc) is 2.77. The SMILES string of the molecule is Cc1ccc2nc(-c3ccc(Cl)cc3)c(CC(=O)O)n2n1. The Balaban J connectivity index is 2.25. The highest BCUT2D eigenvalue weighted by Gasteiger charge is 2.17. The normalized spacial score (nSPS) is 11.0. The van der Waals surface area contributed by atoms with Crippen LogP contribution < -0.4 is 0 Å². The number of benzene rings is 1. The Morgan fingerprint density at radius 1 is 1.24 bits per heavy atom. The maximum atomic E-state index is 11.1. The second-order valence-electron chi connectivity index (χ2n) is 4.73.